The van der Waals surface area contributed by atoms with Gasteiger partial charge in [-0.25, -0.2) is 4.79 Å². The Hall–Kier alpha value is -3.55. The van der Waals surface area contributed by atoms with Crippen molar-refractivity contribution >= 4 is 17.9 Å². The average molecular weight is 582 g/mol. The van der Waals surface area contributed by atoms with Crippen molar-refractivity contribution < 1.29 is 24.2 Å². The van der Waals surface area contributed by atoms with Crippen molar-refractivity contribution in [2.24, 2.45) is 0 Å². The number of aromatic hydroxyl groups is 1. The van der Waals surface area contributed by atoms with Gasteiger partial charge in [-0.1, -0.05) is 74.1 Å². The van der Waals surface area contributed by atoms with E-state index in [4.69, 9.17) is 4.74 Å². The molecule has 0 aliphatic rings. The summed E-state index contributed by atoms with van der Waals surface area (Å²) in [5, 5.41) is 15.6. The number of nitrogens with zero attached hydrogens (tertiary/aromatic N) is 1. The number of alkyl carbamates (subject to hydrolysis) is 1. The number of ether oxygens (including phenoxy) is 1. The van der Waals surface area contributed by atoms with Gasteiger partial charge < -0.3 is 25.4 Å². The van der Waals surface area contributed by atoms with E-state index in [0.717, 1.165) is 54.4 Å². The van der Waals surface area contributed by atoms with Crippen LogP contribution in [0.2, 0.25) is 0 Å². The van der Waals surface area contributed by atoms with E-state index in [1.165, 1.54) is 0 Å². The maximum Gasteiger partial charge on any atom is 0.408 e. The van der Waals surface area contributed by atoms with Crippen molar-refractivity contribution in [2.45, 2.75) is 118 Å². The van der Waals surface area contributed by atoms with Gasteiger partial charge in [-0.2, -0.15) is 0 Å². The molecule has 0 radical (unpaired) electrons. The first-order valence-electron chi connectivity index (χ1n) is 15.2. The molecule has 0 heterocycles. The number of benzene rings is 2. The number of phenolic OH excluding ortho intramolecular Hbond substituents is 1. The number of carbonyl (C=O) groups excluding carboxylic acids is 3. The van der Waals surface area contributed by atoms with E-state index in [2.05, 4.69) is 17.6 Å². The zero-order valence-electron chi connectivity index (χ0n) is 26.8. The molecule has 42 heavy (non-hydrogen) atoms. The quantitative estimate of drug-likeness (QED) is 0.221. The van der Waals surface area contributed by atoms with Gasteiger partial charge in [0.25, 0.3) is 0 Å². The van der Waals surface area contributed by atoms with Gasteiger partial charge in [0.2, 0.25) is 11.8 Å². The summed E-state index contributed by atoms with van der Waals surface area (Å²) in [6.07, 6.45) is 4.34. The molecule has 2 aromatic carbocycles. The van der Waals surface area contributed by atoms with Gasteiger partial charge in [-0.15, -0.1) is 0 Å². The summed E-state index contributed by atoms with van der Waals surface area (Å²) < 4.78 is 5.52. The molecule has 2 unspecified atom stereocenters. The zero-order valence-corrected chi connectivity index (χ0v) is 26.8. The number of unbranched alkanes of at least 4 members (excludes halogenated alkanes) is 4. The molecule has 0 bridgehead atoms. The van der Waals surface area contributed by atoms with Crippen molar-refractivity contribution in [1.29, 1.82) is 0 Å². The normalized spacial score (nSPS) is 12.9. The zero-order chi connectivity index (χ0) is 31.4. The minimum absolute atomic E-state index is 0.107. The molecule has 0 saturated heterocycles. The van der Waals surface area contributed by atoms with E-state index < -0.39 is 23.8 Å². The summed E-state index contributed by atoms with van der Waals surface area (Å²) in [5.41, 5.74) is 2.71. The van der Waals surface area contributed by atoms with Crippen LogP contribution in [-0.4, -0.2) is 52.1 Å². The Morgan fingerprint density at radius 3 is 2.05 bits per heavy atom. The number of amides is 3. The molecular formula is C34H51N3O5. The number of hydrogen-bond donors (Lipinski definition) is 3. The van der Waals surface area contributed by atoms with Crippen LogP contribution in [0.1, 0.15) is 102 Å². The van der Waals surface area contributed by atoms with Crippen LogP contribution in [0.3, 0.4) is 0 Å². The molecule has 0 fully saturated rings. The van der Waals surface area contributed by atoms with Gasteiger partial charge in [-0.05, 0) is 78.1 Å². The molecule has 0 spiro atoms. The van der Waals surface area contributed by atoms with E-state index in [0.29, 0.717) is 6.54 Å². The molecule has 8 heteroatoms. The lowest BCUT2D eigenvalue weighted by Gasteiger charge is -2.35. The molecule has 0 saturated carbocycles. The third kappa shape index (κ3) is 11.7. The molecule has 0 aliphatic carbocycles. The molecule has 2 rings (SSSR count). The minimum Gasteiger partial charge on any atom is -0.508 e. The van der Waals surface area contributed by atoms with Crippen LogP contribution in [0.15, 0.2) is 42.5 Å². The van der Waals surface area contributed by atoms with Crippen molar-refractivity contribution in [2.75, 3.05) is 6.54 Å². The first-order valence-corrected chi connectivity index (χ1v) is 15.2. The summed E-state index contributed by atoms with van der Waals surface area (Å²) in [5.74, 6) is -0.527. The van der Waals surface area contributed by atoms with Crippen LogP contribution in [0.25, 0.3) is 0 Å². The Balaban J connectivity index is 2.59. The third-order valence-electron chi connectivity index (χ3n) is 6.70. The highest BCUT2D eigenvalue weighted by Crippen LogP contribution is 2.27. The molecule has 3 amide bonds. The summed E-state index contributed by atoms with van der Waals surface area (Å²) in [6.45, 7) is 15.5. The van der Waals surface area contributed by atoms with Gasteiger partial charge >= 0.3 is 6.09 Å². The summed E-state index contributed by atoms with van der Waals surface area (Å²) >= 11 is 0. The molecule has 0 aliphatic heterocycles. The Bertz CT molecular complexity index is 1150. The van der Waals surface area contributed by atoms with E-state index in [9.17, 15) is 19.5 Å². The molecule has 232 valence electrons. The third-order valence-corrected chi connectivity index (χ3v) is 6.70. The summed E-state index contributed by atoms with van der Waals surface area (Å²) in [6, 6.07) is 10.5. The minimum atomic E-state index is -1.000. The second-order valence-corrected chi connectivity index (χ2v) is 12.5. The Labute approximate surface area is 252 Å². The molecule has 3 N–H and O–H groups in total. The van der Waals surface area contributed by atoms with E-state index in [1.54, 1.807) is 49.9 Å². The van der Waals surface area contributed by atoms with Crippen LogP contribution in [0, 0.1) is 13.8 Å². The van der Waals surface area contributed by atoms with Crippen molar-refractivity contribution in [3.05, 3.63) is 64.7 Å². The standard InChI is InChI=1S/C34H51N3O5/c1-9-10-11-12-13-18-37(30(31(39)35-23(2)3)27-20-24(4)19-25(5)21-27)32(40)29(36-33(41)42-34(6,7)8)22-26-14-16-28(38)17-15-26/h14-17,19-21,23,29-30,38H,9-13,18,22H2,1-8H3,(H,35,39)(H,36,41). The molecular weight excluding hydrogens is 530 g/mol. The predicted octanol–water partition coefficient (Wildman–Crippen LogP) is 6.51. The fraction of sp³-hybridized carbons (Fsp3) is 0.559. The number of aryl methyl sites for hydroxylation is 2. The number of nitrogens with one attached hydrogen (secondary N) is 2. The van der Waals surface area contributed by atoms with Crippen molar-refractivity contribution in [1.82, 2.24) is 15.5 Å². The molecule has 2 atom stereocenters. The molecule has 2 aromatic rings. The Morgan fingerprint density at radius 1 is 0.905 bits per heavy atom. The fourth-order valence-electron chi connectivity index (χ4n) is 4.97. The second kappa shape index (κ2) is 16.2. The first-order chi connectivity index (χ1) is 19.7. The van der Waals surface area contributed by atoms with E-state index in [-0.39, 0.29) is 30.0 Å². The molecule has 0 aromatic heterocycles. The summed E-state index contributed by atoms with van der Waals surface area (Å²) in [4.78, 5) is 43.0. The van der Waals surface area contributed by atoms with Crippen LogP contribution in [-0.2, 0) is 20.7 Å². The highest BCUT2D eigenvalue weighted by Gasteiger charge is 2.36. The van der Waals surface area contributed by atoms with E-state index >= 15 is 0 Å². The topological polar surface area (TPSA) is 108 Å². The molecule has 8 nitrogen and oxygen atoms in total. The smallest absolute Gasteiger partial charge is 0.408 e. The van der Waals surface area contributed by atoms with Crippen molar-refractivity contribution in [3.63, 3.8) is 0 Å². The van der Waals surface area contributed by atoms with Gasteiger partial charge in [-0.3, -0.25) is 9.59 Å². The number of hydrogen-bond acceptors (Lipinski definition) is 5. The highest BCUT2D eigenvalue weighted by molar-refractivity contribution is 5.92. The highest BCUT2D eigenvalue weighted by atomic mass is 16.6. The lowest BCUT2D eigenvalue weighted by atomic mass is 9.96. The lowest BCUT2D eigenvalue weighted by molar-refractivity contribution is -0.142. The maximum absolute atomic E-state index is 14.5. The van der Waals surface area contributed by atoms with Crippen LogP contribution in [0.4, 0.5) is 4.79 Å². The SMILES string of the molecule is CCCCCCCN(C(=O)C(Cc1ccc(O)cc1)NC(=O)OC(C)(C)C)C(C(=O)NC(C)C)c1cc(C)cc(C)c1. The Morgan fingerprint density at radius 2 is 1.50 bits per heavy atom. The lowest BCUT2D eigenvalue weighted by Crippen LogP contribution is -2.54. The number of carbonyl (C=O) groups is 3. The van der Waals surface area contributed by atoms with Crippen LogP contribution < -0.4 is 10.6 Å². The summed E-state index contributed by atoms with van der Waals surface area (Å²) in [7, 11) is 0. The fourth-order valence-corrected chi connectivity index (χ4v) is 4.97. The van der Waals surface area contributed by atoms with Crippen LogP contribution >= 0.6 is 0 Å². The van der Waals surface area contributed by atoms with Crippen LogP contribution in [0.5, 0.6) is 5.75 Å². The van der Waals surface area contributed by atoms with Gasteiger partial charge in [0, 0.05) is 19.0 Å². The largest absolute Gasteiger partial charge is 0.508 e. The number of phenols is 1. The van der Waals surface area contributed by atoms with Gasteiger partial charge in [0.15, 0.2) is 0 Å². The Kier molecular flexibility index (Phi) is 13.4. The van der Waals surface area contributed by atoms with Crippen molar-refractivity contribution in [3.8, 4) is 5.75 Å². The second-order valence-electron chi connectivity index (χ2n) is 12.5. The predicted molar refractivity (Wildman–Crippen MR) is 167 cm³/mol. The average Bonchev–Trinajstić information content (AvgIpc) is 2.86. The van der Waals surface area contributed by atoms with Gasteiger partial charge in [0.1, 0.15) is 23.4 Å². The monoisotopic (exact) mass is 581 g/mol. The first kappa shape index (κ1) is 34.7. The maximum atomic E-state index is 14.5. The van der Waals surface area contributed by atoms with Gasteiger partial charge in [0.05, 0.1) is 0 Å². The van der Waals surface area contributed by atoms with E-state index in [1.807, 2.05) is 45.9 Å². The number of rotatable bonds is 14.